The molecule has 0 unspecified atom stereocenters. The molecule has 4 heterocycles. The summed E-state index contributed by atoms with van der Waals surface area (Å²) in [6.07, 6.45) is 6.13. The van der Waals surface area contributed by atoms with E-state index in [1.807, 2.05) is 41.9 Å². The van der Waals surface area contributed by atoms with Crippen LogP contribution in [0.15, 0.2) is 79.3 Å². The molecule has 10 heteroatoms. The van der Waals surface area contributed by atoms with Gasteiger partial charge in [-0.15, -0.1) is 0 Å². The van der Waals surface area contributed by atoms with Crippen LogP contribution in [0.1, 0.15) is 20.3 Å². The Morgan fingerprint density at radius 3 is 2.63 bits per heavy atom. The first-order valence-corrected chi connectivity index (χ1v) is 13.5. The molecule has 1 amide bonds. The number of carbonyl (C=O) groups is 1. The van der Waals surface area contributed by atoms with Gasteiger partial charge in [0, 0.05) is 55.4 Å². The fourth-order valence-electron chi connectivity index (χ4n) is 5.21. The van der Waals surface area contributed by atoms with Gasteiger partial charge in [0.1, 0.15) is 23.1 Å². The van der Waals surface area contributed by atoms with Gasteiger partial charge in [0.15, 0.2) is 0 Å². The molecular weight excluding hydrogens is 521 g/mol. The Morgan fingerprint density at radius 1 is 1.02 bits per heavy atom. The minimum Gasteiger partial charge on any atom is -0.457 e. The third-order valence-electron chi connectivity index (χ3n) is 7.44. The first kappa shape index (κ1) is 26.4. The van der Waals surface area contributed by atoms with Crippen LogP contribution in [0.3, 0.4) is 0 Å². The zero-order chi connectivity index (χ0) is 28.5. The van der Waals surface area contributed by atoms with Crippen molar-refractivity contribution in [3.63, 3.8) is 0 Å². The van der Waals surface area contributed by atoms with E-state index in [0.717, 1.165) is 23.1 Å². The predicted molar refractivity (Wildman–Crippen MR) is 157 cm³/mol. The van der Waals surface area contributed by atoms with Crippen LogP contribution in [0.4, 0.5) is 21.8 Å². The summed E-state index contributed by atoms with van der Waals surface area (Å²) in [6, 6.07) is 18.4. The fourth-order valence-corrected chi connectivity index (χ4v) is 5.21. The van der Waals surface area contributed by atoms with Crippen molar-refractivity contribution < 1.29 is 13.9 Å². The maximum atomic E-state index is 14.7. The van der Waals surface area contributed by atoms with Crippen LogP contribution >= 0.6 is 0 Å². The summed E-state index contributed by atoms with van der Waals surface area (Å²) in [5, 5.41) is 5.99. The molecule has 0 spiro atoms. The second-order valence-corrected chi connectivity index (χ2v) is 10.3. The van der Waals surface area contributed by atoms with E-state index in [0.29, 0.717) is 53.1 Å². The zero-order valence-corrected chi connectivity index (χ0v) is 23.0. The molecule has 0 radical (unpaired) electrons. The van der Waals surface area contributed by atoms with Gasteiger partial charge in [-0.05, 0) is 62.2 Å². The number of aromatic nitrogens is 4. The summed E-state index contributed by atoms with van der Waals surface area (Å²) in [4.78, 5) is 27.8. The summed E-state index contributed by atoms with van der Waals surface area (Å²) in [5.41, 5.74) is 3.57. The molecular formula is C31H30FN7O2. The van der Waals surface area contributed by atoms with Gasteiger partial charge in [0.25, 0.3) is 0 Å². The second-order valence-electron chi connectivity index (χ2n) is 10.3. The average Bonchev–Trinajstić information content (AvgIpc) is 3.27. The lowest BCUT2D eigenvalue weighted by molar-refractivity contribution is -0.120. The molecule has 0 saturated carbocycles. The van der Waals surface area contributed by atoms with E-state index in [1.54, 1.807) is 42.9 Å². The molecule has 1 fully saturated rings. The van der Waals surface area contributed by atoms with Gasteiger partial charge in [-0.25, -0.2) is 14.4 Å². The van der Waals surface area contributed by atoms with Gasteiger partial charge in [0.05, 0.1) is 23.3 Å². The Labute approximate surface area is 237 Å². The molecule has 0 bridgehead atoms. The van der Waals surface area contributed by atoms with Crippen LogP contribution in [0.5, 0.6) is 11.5 Å². The molecule has 1 aliphatic heterocycles. The van der Waals surface area contributed by atoms with Crippen molar-refractivity contribution in [1.82, 2.24) is 24.4 Å². The van der Waals surface area contributed by atoms with Crippen molar-refractivity contribution in [1.29, 1.82) is 0 Å². The van der Waals surface area contributed by atoms with Gasteiger partial charge < -0.3 is 19.9 Å². The maximum Gasteiger partial charge on any atom is 0.239 e. The number of ether oxygens (including phenoxy) is 1. The van der Waals surface area contributed by atoms with Crippen LogP contribution in [0, 0.1) is 5.82 Å². The normalized spacial score (nSPS) is 16.8. The van der Waals surface area contributed by atoms with Gasteiger partial charge in [-0.2, -0.15) is 0 Å². The predicted octanol–water partition coefficient (Wildman–Crippen LogP) is 6.13. The number of anilines is 3. The number of rotatable bonds is 8. The third-order valence-corrected chi connectivity index (χ3v) is 7.44. The van der Waals surface area contributed by atoms with E-state index >= 15 is 0 Å². The van der Waals surface area contributed by atoms with E-state index < -0.39 is 0 Å². The van der Waals surface area contributed by atoms with Crippen LogP contribution < -0.4 is 15.4 Å². The smallest absolute Gasteiger partial charge is 0.239 e. The van der Waals surface area contributed by atoms with E-state index in [-0.39, 0.29) is 11.7 Å². The monoisotopic (exact) mass is 551 g/mol. The Kier molecular flexibility index (Phi) is 7.07. The van der Waals surface area contributed by atoms with E-state index in [4.69, 9.17) is 4.74 Å². The number of likely N-dealkylation sites (tertiary alicyclic amines) is 1. The minimum absolute atomic E-state index is 0.106. The van der Waals surface area contributed by atoms with Crippen molar-refractivity contribution in [3.8, 4) is 22.6 Å². The number of carbonyl (C=O) groups excluding carboxylic acids is 1. The molecule has 3 aromatic heterocycles. The summed E-state index contributed by atoms with van der Waals surface area (Å²) in [5.74, 6) is 1.52. The topological polar surface area (TPSA) is 97.2 Å². The van der Waals surface area contributed by atoms with Crippen LogP contribution in [-0.2, 0) is 11.8 Å². The molecule has 5 aromatic rings. The first-order valence-electron chi connectivity index (χ1n) is 13.5. The van der Waals surface area contributed by atoms with Crippen LogP contribution in [0.25, 0.3) is 22.2 Å². The van der Waals surface area contributed by atoms with Crippen molar-refractivity contribution in [2.45, 2.75) is 32.4 Å². The lowest BCUT2D eigenvalue weighted by Crippen LogP contribution is -2.55. The molecule has 0 aliphatic carbocycles. The number of hydrogen-bond acceptors (Lipinski definition) is 7. The van der Waals surface area contributed by atoms with Crippen molar-refractivity contribution in [2.24, 2.45) is 7.05 Å². The SMILES string of the molecule is C[C@@H]1C[C@@H](C)N1CC(=O)Nc1cc(Oc2ccc3c(c2)nc(Nc2cc(-c4cccnc4)ccc2F)n3C)ccn1. The molecule has 9 nitrogen and oxygen atoms in total. The van der Waals surface area contributed by atoms with Crippen molar-refractivity contribution in [3.05, 3.63) is 85.1 Å². The number of halogens is 1. The Morgan fingerprint density at radius 2 is 1.85 bits per heavy atom. The highest BCUT2D eigenvalue weighted by Crippen LogP contribution is 2.31. The Balaban J connectivity index is 1.17. The molecule has 2 N–H and O–H groups in total. The van der Waals surface area contributed by atoms with E-state index in [2.05, 4.69) is 44.3 Å². The molecule has 2 atom stereocenters. The van der Waals surface area contributed by atoms with Crippen LogP contribution in [0.2, 0.25) is 0 Å². The van der Waals surface area contributed by atoms with E-state index in [9.17, 15) is 9.18 Å². The third kappa shape index (κ3) is 5.59. The summed E-state index contributed by atoms with van der Waals surface area (Å²) in [6.45, 7) is 4.58. The lowest BCUT2D eigenvalue weighted by Gasteiger charge is -2.44. The molecule has 41 heavy (non-hydrogen) atoms. The van der Waals surface area contributed by atoms with Gasteiger partial charge in [-0.3, -0.25) is 14.7 Å². The number of benzene rings is 2. The highest BCUT2D eigenvalue weighted by molar-refractivity contribution is 5.91. The first-order chi connectivity index (χ1) is 19.8. The van der Waals surface area contributed by atoms with Gasteiger partial charge >= 0.3 is 0 Å². The highest BCUT2D eigenvalue weighted by atomic mass is 19.1. The summed E-state index contributed by atoms with van der Waals surface area (Å²) >= 11 is 0. The molecule has 1 aliphatic rings. The molecule has 1 saturated heterocycles. The number of aryl methyl sites for hydroxylation is 1. The van der Waals surface area contributed by atoms with Gasteiger partial charge in [-0.1, -0.05) is 12.1 Å². The minimum atomic E-state index is -0.386. The number of nitrogens with one attached hydrogen (secondary N) is 2. The maximum absolute atomic E-state index is 14.7. The van der Waals surface area contributed by atoms with Crippen molar-refractivity contribution >= 4 is 34.4 Å². The van der Waals surface area contributed by atoms with Crippen LogP contribution in [-0.4, -0.2) is 49.0 Å². The number of amides is 1. The second kappa shape index (κ2) is 11.0. The molecule has 6 rings (SSSR count). The quantitative estimate of drug-likeness (QED) is 0.240. The Bertz CT molecular complexity index is 1710. The van der Waals surface area contributed by atoms with Crippen molar-refractivity contribution in [2.75, 3.05) is 17.2 Å². The number of hydrogen-bond donors (Lipinski definition) is 2. The lowest BCUT2D eigenvalue weighted by atomic mass is 9.96. The number of pyridine rings is 2. The number of fused-ring (bicyclic) bond motifs is 1. The fraction of sp³-hybridized carbons (Fsp3) is 0.226. The standard InChI is InChI=1S/C31H30FN7O2/c1-19-13-20(2)39(19)18-30(40)37-29-16-24(10-12-34-29)41-23-7-9-28-27(15-23)36-31(38(28)3)35-26-14-21(6-8-25(26)32)22-5-4-11-33-17-22/h4-12,14-17,19-20H,13,18H2,1-3H3,(H,35,36)(H,34,37,40)/t19-,20-/m1/s1. The average molecular weight is 552 g/mol. The summed E-state index contributed by atoms with van der Waals surface area (Å²) in [7, 11) is 1.86. The Hall–Kier alpha value is -4.83. The largest absolute Gasteiger partial charge is 0.457 e. The number of imidazole rings is 1. The van der Waals surface area contributed by atoms with Gasteiger partial charge in [0.2, 0.25) is 11.9 Å². The van der Waals surface area contributed by atoms with E-state index in [1.165, 1.54) is 6.07 Å². The molecule has 2 aromatic carbocycles. The number of nitrogens with zero attached hydrogens (tertiary/aromatic N) is 5. The zero-order valence-electron chi connectivity index (χ0n) is 23.0. The summed E-state index contributed by atoms with van der Waals surface area (Å²) < 4.78 is 22.7. The highest BCUT2D eigenvalue weighted by Gasteiger charge is 2.32. The molecule has 208 valence electrons.